The van der Waals surface area contributed by atoms with Crippen molar-refractivity contribution in [1.29, 1.82) is 0 Å². The van der Waals surface area contributed by atoms with Crippen LogP contribution >= 0.6 is 11.6 Å². The van der Waals surface area contributed by atoms with Crippen LogP contribution in [0.15, 0.2) is 0 Å². The average Bonchev–Trinajstić information content (AvgIpc) is 2.35. The maximum atomic E-state index is 11.2. The van der Waals surface area contributed by atoms with Crippen LogP contribution in [0.1, 0.15) is 20.8 Å². The molecular formula is C12H17ClO8. The molecule has 5 atom stereocenters. The van der Waals surface area contributed by atoms with Crippen LogP contribution < -0.4 is 0 Å². The summed E-state index contributed by atoms with van der Waals surface area (Å²) in [4.78, 5) is 33.2. The van der Waals surface area contributed by atoms with E-state index in [0.29, 0.717) is 0 Å². The van der Waals surface area contributed by atoms with Gasteiger partial charge in [0.1, 0.15) is 18.1 Å². The fraction of sp³-hybridized carbons (Fsp3) is 0.750. The average molecular weight is 325 g/mol. The molecule has 9 heteroatoms. The standard InChI is InChI=1S/C12H17ClO8/c1-5(14)18-4-8-10(19-6(2)15)11(20-7(3)16)9(13)12(17)21-8/h8-12,17H,4H2,1-3H3/t8-,9+,10-,11-,12+/m1/s1. The fourth-order valence-electron chi connectivity index (χ4n) is 1.88. The summed E-state index contributed by atoms with van der Waals surface area (Å²) < 4.78 is 20.0. The van der Waals surface area contributed by atoms with Crippen molar-refractivity contribution in [3.63, 3.8) is 0 Å². The third-order valence-electron chi connectivity index (χ3n) is 2.65. The monoisotopic (exact) mass is 324 g/mol. The predicted molar refractivity (Wildman–Crippen MR) is 68.3 cm³/mol. The number of esters is 3. The Morgan fingerprint density at radius 2 is 1.57 bits per heavy atom. The Morgan fingerprint density at radius 3 is 2.05 bits per heavy atom. The molecule has 120 valence electrons. The topological polar surface area (TPSA) is 108 Å². The summed E-state index contributed by atoms with van der Waals surface area (Å²) in [7, 11) is 0. The van der Waals surface area contributed by atoms with E-state index in [1.54, 1.807) is 0 Å². The first kappa shape index (κ1) is 17.7. The van der Waals surface area contributed by atoms with Gasteiger partial charge in [-0.3, -0.25) is 14.4 Å². The Kier molecular flexibility index (Phi) is 6.38. The van der Waals surface area contributed by atoms with Gasteiger partial charge >= 0.3 is 17.9 Å². The lowest BCUT2D eigenvalue weighted by atomic mass is 10.0. The van der Waals surface area contributed by atoms with Crippen molar-refractivity contribution >= 4 is 29.5 Å². The van der Waals surface area contributed by atoms with Gasteiger partial charge in [0.05, 0.1) is 0 Å². The van der Waals surface area contributed by atoms with Crippen molar-refractivity contribution < 1.29 is 38.4 Å². The molecular weight excluding hydrogens is 308 g/mol. The molecule has 0 saturated carbocycles. The number of aliphatic hydroxyl groups excluding tert-OH is 1. The summed E-state index contributed by atoms with van der Waals surface area (Å²) in [6.07, 6.45) is -4.70. The number of alkyl halides is 1. The van der Waals surface area contributed by atoms with E-state index in [0.717, 1.165) is 13.8 Å². The summed E-state index contributed by atoms with van der Waals surface area (Å²) in [6, 6.07) is 0. The number of rotatable bonds is 4. The van der Waals surface area contributed by atoms with Crippen molar-refractivity contribution in [3.05, 3.63) is 0 Å². The van der Waals surface area contributed by atoms with Gasteiger partial charge in [-0.25, -0.2) is 0 Å². The van der Waals surface area contributed by atoms with E-state index in [9.17, 15) is 19.5 Å². The first-order valence-electron chi connectivity index (χ1n) is 6.17. The third kappa shape index (κ3) is 5.14. The number of ether oxygens (including phenoxy) is 4. The smallest absolute Gasteiger partial charge is 0.303 e. The summed E-state index contributed by atoms with van der Waals surface area (Å²) in [5.41, 5.74) is 0. The Labute approximate surface area is 126 Å². The summed E-state index contributed by atoms with van der Waals surface area (Å²) in [6.45, 7) is 3.21. The molecule has 0 amide bonds. The van der Waals surface area contributed by atoms with Gasteiger partial charge in [0.25, 0.3) is 0 Å². The molecule has 0 spiro atoms. The molecule has 0 bridgehead atoms. The highest BCUT2D eigenvalue weighted by molar-refractivity contribution is 6.21. The maximum absolute atomic E-state index is 11.2. The zero-order valence-electron chi connectivity index (χ0n) is 11.8. The molecule has 1 N–H and O–H groups in total. The van der Waals surface area contributed by atoms with Crippen molar-refractivity contribution in [1.82, 2.24) is 0 Å². The highest BCUT2D eigenvalue weighted by atomic mass is 35.5. The molecule has 1 saturated heterocycles. The van der Waals surface area contributed by atoms with Gasteiger partial charge < -0.3 is 24.1 Å². The van der Waals surface area contributed by atoms with Crippen LogP contribution in [0.3, 0.4) is 0 Å². The highest BCUT2D eigenvalue weighted by Crippen LogP contribution is 2.29. The van der Waals surface area contributed by atoms with Crippen molar-refractivity contribution in [3.8, 4) is 0 Å². The number of aliphatic hydroxyl groups is 1. The number of carbonyl (C=O) groups excluding carboxylic acids is 3. The molecule has 0 aromatic heterocycles. The van der Waals surface area contributed by atoms with Gasteiger partial charge in [-0.1, -0.05) is 0 Å². The first-order valence-corrected chi connectivity index (χ1v) is 6.61. The molecule has 0 aromatic carbocycles. The largest absolute Gasteiger partial charge is 0.463 e. The van der Waals surface area contributed by atoms with E-state index >= 15 is 0 Å². The fourth-order valence-corrected chi connectivity index (χ4v) is 2.13. The van der Waals surface area contributed by atoms with Gasteiger partial charge in [-0.2, -0.15) is 0 Å². The molecule has 1 aliphatic rings. The quantitative estimate of drug-likeness (QED) is 0.428. The van der Waals surface area contributed by atoms with E-state index in [2.05, 4.69) is 0 Å². The number of carbonyl (C=O) groups is 3. The van der Waals surface area contributed by atoms with Crippen LogP contribution in [0.5, 0.6) is 0 Å². The molecule has 1 rings (SSSR count). The zero-order valence-corrected chi connectivity index (χ0v) is 12.5. The summed E-state index contributed by atoms with van der Waals surface area (Å²) >= 11 is 5.93. The van der Waals surface area contributed by atoms with Crippen LogP contribution in [0.25, 0.3) is 0 Å². The lowest BCUT2D eigenvalue weighted by molar-refractivity contribution is -0.250. The number of halogens is 1. The molecule has 0 aliphatic carbocycles. The second-order valence-electron chi connectivity index (χ2n) is 4.46. The van der Waals surface area contributed by atoms with Crippen LogP contribution in [0.2, 0.25) is 0 Å². The maximum Gasteiger partial charge on any atom is 0.303 e. The minimum atomic E-state index is -1.47. The van der Waals surface area contributed by atoms with E-state index in [4.69, 9.17) is 30.5 Å². The number of hydrogen-bond donors (Lipinski definition) is 1. The minimum absolute atomic E-state index is 0.286. The molecule has 0 aromatic rings. The molecule has 0 radical (unpaired) electrons. The Bertz CT molecular complexity index is 412. The van der Waals surface area contributed by atoms with Gasteiger partial charge in [-0.15, -0.1) is 11.6 Å². The van der Waals surface area contributed by atoms with Crippen molar-refractivity contribution in [2.75, 3.05) is 6.61 Å². The molecule has 0 unspecified atom stereocenters. The Hall–Kier alpha value is -1.38. The van der Waals surface area contributed by atoms with E-state index in [1.807, 2.05) is 0 Å². The van der Waals surface area contributed by atoms with Crippen LogP contribution in [0, 0.1) is 0 Å². The third-order valence-corrected chi connectivity index (χ3v) is 3.11. The molecule has 1 heterocycles. The van der Waals surface area contributed by atoms with Gasteiger partial charge in [0.15, 0.2) is 18.5 Å². The first-order chi connectivity index (χ1) is 9.72. The predicted octanol–water partition coefficient (Wildman–Crippen LogP) is -0.263. The van der Waals surface area contributed by atoms with E-state index in [-0.39, 0.29) is 6.61 Å². The lowest BCUT2D eigenvalue weighted by Crippen LogP contribution is -2.59. The molecule has 1 aliphatic heterocycles. The van der Waals surface area contributed by atoms with E-state index in [1.165, 1.54) is 6.92 Å². The molecule has 1 fully saturated rings. The summed E-state index contributed by atoms with van der Waals surface area (Å²) in [5, 5.41) is 8.59. The summed E-state index contributed by atoms with van der Waals surface area (Å²) in [5.74, 6) is -1.90. The van der Waals surface area contributed by atoms with Gasteiger partial charge in [-0.05, 0) is 0 Å². The SMILES string of the molecule is CC(=O)OC[C@H]1O[C@H](O)[C@@H](Cl)[C@@H](OC(C)=O)[C@@H]1OC(C)=O. The van der Waals surface area contributed by atoms with Crippen LogP contribution in [-0.4, -0.2) is 59.6 Å². The van der Waals surface area contributed by atoms with Crippen molar-refractivity contribution in [2.45, 2.75) is 50.8 Å². The Balaban J connectivity index is 2.94. The second kappa shape index (κ2) is 7.58. The van der Waals surface area contributed by atoms with Crippen molar-refractivity contribution in [2.24, 2.45) is 0 Å². The second-order valence-corrected chi connectivity index (χ2v) is 4.96. The molecule has 21 heavy (non-hydrogen) atoms. The van der Waals surface area contributed by atoms with Gasteiger partial charge in [0.2, 0.25) is 0 Å². The Morgan fingerprint density at radius 1 is 1.05 bits per heavy atom. The van der Waals surface area contributed by atoms with Crippen LogP contribution in [-0.2, 0) is 33.3 Å². The minimum Gasteiger partial charge on any atom is -0.463 e. The van der Waals surface area contributed by atoms with Gasteiger partial charge in [0, 0.05) is 20.8 Å². The molecule has 8 nitrogen and oxygen atoms in total. The normalized spacial score (nSPS) is 32.1. The number of hydrogen-bond acceptors (Lipinski definition) is 8. The van der Waals surface area contributed by atoms with Crippen LogP contribution in [0.4, 0.5) is 0 Å². The lowest BCUT2D eigenvalue weighted by Gasteiger charge is -2.41. The van der Waals surface area contributed by atoms with E-state index < -0.39 is 47.9 Å². The highest BCUT2D eigenvalue weighted by Gasteiger charge is 2.49. The zero-order chi connectivity index (χ0) is 16.2.